The largest absolute Gasteiger partial charge is 0.255 e. The Kier molecular flexibility index (Phi) is 7.96. The lowest BCUT2D eigenvalue weighted by Gasteiger charge is -2.13. The predicted molar refractivity (Wildman–Crippen MR) is 200 cm³/mol. The first-order chi connectivity index (χ1) is 23.8. The maximum absolute atomic E-state index is 5.19. The average molecular weight is 613 g/mol. The zero-order chi connectivity index (χ0) is 32.1. The molecule has 48 heavy (non-hydrogen) atoms. The number of pyridine rings is 2. The van der Waals surface area contributed by atoms with Crippen molar-refractivity contribution in [1.29, 1.82) is 0 Å². The fourth-order valence-electron chi connectivity index (χ4n) is 6.20. The van der Waals surface area contributed by atoms with E-state index in [0.717, 1.165) is 33.8 Å². The Morgan fingerprint density at radius 1 is 0.250 bits per heavy atom. The minimum absolute atomic E-state index is 0.852. The molecule has 0 aliphatic rings. The Morgan fingerprint density at radius 3 is 1.04 bits per heavy atom. The van der Waals surface area contributed by atoms with E-state index in [4.69, 9.17) is 4.98 Å². The lowest BCUT2D eigenvalue weighted by molar-refractivity contribution is 1.25. The number of aromatic nitrogens is 2. The fraction of sp³-hybridized carbons (Fsp3) is 0. The van der Waals surface area contributed by atoms with Gasteiger partial charge in [-0.15, -0.1) is 0 Å². The lowest BCUT2D eigenvalue weighted by atomic mass is 9.94. The van der Waals surface area contributed by atoms with E-state index >= 15 is 0 Å². The minimum atomic E-state index is 0.852. The van der Waals surface area contributed by atoms with Gasteiger partial charge in [0.15, 0.2) is 0 Å². The zero-order valence-corrected chi connectivity index (χ0v) is 26.4. The Bertz CT molecular complexity index is 2260. The van der Waals surface area contributed by atoms with Gasteiger partial charge in [-0.05, 0) is 74.3 Å². The molecule has 2 aromatic heterocycles. The quantitative estimate of drug-likeness (QED) is 0.179. The Hall–Kier alpha value is -6.38. The van der Waals surface area contributed by atoms with E-state index in [0.29, 0.717) is 0 Å². The fourth-order valence-corrected chi connectivity index (χ4v) is 6.20. The van der Waals surface area contributed by atoms with Gasteiger partial charge in [0, 0.05) is 17.3 Å². The molecule has 0 amide bonds. The van der Waals surface area contributed by atoms with Gasteiger partial charge in [0.2, 0.25) is 0 Å². The van der Waals surface area contributed by atoms with Crippen molar-refractivity contribution in [2.24, 2.45) is 0 Å². The van der Waals surface area contributed by atoms with Crippen LogP contribution in [-0.2, 0) is 0 Å². The Balaban J connectivity index is 1.11. The summed E-state index contributed by atoms with van der Waals surface area (Å²) in [5.41, 5.74) is 15.5. The summed E-state index contributed by atoms with van der Waals surface area (Å²) in [6, 6.07) is 66.2. The van der Waals surface area contributed by atoms with E-state index in [1.807, 2.05) is 36.5 Å². The van der Waals surface area contributed by atoms with Gasteiger partial charge in [-0.1, -0.05) is 164 Å². The highest BCUT2D eigenvalue weighted by atomic mass is 14.8. The second-order valence-electron chi connectivity index (χ2n) is 11.8. The summed E-state index contributed by atoms with van der Waals surface area (Å²) >= 11 is 0. The molecule has 2 heterocycles. The molecule has 226 valence electrons. The molecule has 0 spiro atoms. The van der Waals surface area contributed by atoms with Gasteiger partial charge in [0.25, 0.3) is 0 Å². The molecule has 0 radical (unpaired) electrons. The second-order valence-corrected chi connectivity index (χ2v) is 11.8. The van der Waals surface area contributed by atoms with Crippen LogP contribution in [0.5, 0.6) is 0 Å². The molecular weight excluding hydrogens is 581 g/mol. The molecule has 2 heteroatoms. The molecule has 2 nitrogen and oxygen atoms in total. The van der Waals surface area contributed by atoms with Crippen LogP contribution < -0.4 is 0 Å². The van der Waals surface area contributed by atoms with Crippen molar-refractivity contribution in [1.82, 2.24) is 9.97 Å². The molecule has 8 aromatic rings. The summed E-state index contributed by atoms with van der Waals surface area (Å²) < 4.78 is 0. The van der Waals surface area contributed by atoms with E-state index < -0.39 is 0 Å². The number of rotatable bonds is 7. The molecule has 0 saturated heterocycles. The number of benzene rings is 6. The molecule has 0 N–H and O–H groups in total. The van der Waals surface area contributed by atoms with Crippen molar-refractivity contribution < 1.29 is 0 Å². The SMILES string of the molecule is c1ccc(-c2ccc(-c3ccc(-c4ccc(-c5ccccn5)nc4-c4ccc(-c5ccc(-c6ccccc6)cc5)cc4)cc3)cc2)cc1. The third kappa shape index (κ3) is 6.08. The van der Waals surface area contributed by atoms with E-state index in [1.54, 1.807) is 0 Å². The van der Waals surface area contributed by atoms with Crippen LogP contribution in [0.4, 0.5) is 0 Å². The van der Waals surface area contributed by atoms with Crippen molar-refractivity contribution >= 4 is 0 Å². The first-order valence-corrected chi connectivity index (χ1v) is 16.2. The number of hydrogen-bond acceptors (Lipinski definition) is 2. The van der Waals surface area contributed by atoms with Crippen LogP contribution in [0.15, 0.2) is 194 Å². The molecule has 0 aliphatic carbocycles. The van der Waals surface area contributed by atoms with Gasteiger partial charge >= 0.3 is 0 Å². The first kappa shape index (κ1) is 29.1. The molecule has 0 atom stereocenters. The molecule has 0 unspecified atom stereocenters. The molecular formula is C46H32N2. The van der Waals surface area contributed by atoms with Crippen LogP contribution in [0.3, 0.4) is 0 Å². The molecule has 6 aromatic carbocycles. The van der Waals surface area contributed by atoms with Crippen LogP contribution in [-0.4, -0.2) is 9.97 Å². The van der Waals surface area contributed by atoms with Crippen molar-refractivity contribution in [3.8, 4) is 78.3 Å². The summed E-state index contributed by atoms with van der Waals surface area (Å²) in [6.07, 6.45) is 1.81. The lowest BCUT2D eigenvalue weighted by Crippen LogP contribution is -1.94. The van der Waals surface area contributed by atoms with Crippen LogP contribution in [0, 0.1) is 0 Å². The van der Waals surface area contributed by atoms with Gasteiger partial charge in [-0.3, -0.25) is 4.98 Å². The van der Waals surface area contributed by atoms with E-state index in [2.05, 4.69) is 163 Å². The van der Waals surface area contributed by atoms with Crippen LogP contribution >= 0.6 is 0 Å². The molecule has 0 fully saturated rings. The minimum Gasteiger partial charge on any atom is -0.255 e. The maximum atomic E-state index is 5.19. The Labute approximate surface area is 281 Å². The van der Waals surface area contributed by atoms with E-state index in [9.17, 15) is 0 Å². The molecule has 0 bridgehead atoms. The molecule has 0 saturated carbocycles. The highest BCUT2D eigenvalue weighted by Gasteiger charge is 2.13. The van der Waals surface area contributed by atoms with Gasteiger partial charge in [0.1, 0.15) is 0 Å². The average Bonchev–Trinajstić information content (AvgIpc) is 3.19. The monoisotopic (exact) mass is 612 g/mol. The van der Waals surface area contributed by atoms with Crippen LogP contribution in [0.25, 0.3) is 78.3 Å². The number of hydrogen-bond donors (Lipinski definition) is 0. The topological polar surface area (TPSA) is 25.8 Å². The number of nitrogens with zero attached hydrogens (tertiary/aromatic N) is 2. The van der Waals surface area contributed by atoms with Crippen molar-refractivity contribution in [3.63, 3.8) is 0 Å². The van der Waals surface area contributed by atoms with Crippen LogP contribution in [0.2, 0.25) is 0 Å². The van der Waals surface area contributed by atoms with Gasteiger partial charge in [-0.2, -0.15) is 0 Å². The third-order valence-corrected chi connectivity index (χ3v) is 8.83. The van der Waals surface area contributed by atoms with Gasteiger partial charge in [0.05, 0.1) is 17.1 Å². The van der Waals surface area contributed by atoms with E-state index in [-0.39, 0.29) is 0 Å². The predicted octanol–water partition coefficient (Wildman–Crippen LogP) is 12.1. The summed E-state index contributed by atoms with van der Waals surface area (Å²) in [5, 5.41) is 0. The van der Waals surface area contributed by atoms with E-state index in [1.165, 1.54) is 44.5 Å². The highest BCUT2D eigenvalue weighted by Crippen LogP contribution is 2.35. The normalized spacial score (nSPS) is 10.9. The standard InChI is InChI=1S/C46H32N2/c1-3-9-33(10-4-1)35-14-18-37(19-15-35)39-22-26-41(27-23-39)43-30-31-45(44-13-7-8-32-47-44)48-46(43)42-28-24-40(25-29-42)38-20-16-36(17-21-38)34-11-5-2-6-12-34/h1-32H. The van der Waals surface area contributed by atoms with Crippen molar-refractivity contribution in [2.75, 3.05) is 0 Å². The zero-order valence-electron chi connectivity index (χ0n) is 26.4. The summed E-state index contributed by atoms with van der Waals surface area (Å²) in [7, 11) is 0. The summed E-state index contributed by atoms with van der Waals surface area (Å²) in [4.78, 5) is 9.77. The first-order valence-electron chi connectivity index (χ1n) is 16.2. The maximum Gasteiger partial charge on any atom is 0.0894 e. The van der Waals surface area contributed by atoms with Gasteiger partial charge < -0.3 is 0 Å². The van der Waals surface area contributed by atoms with Crippen LogP contribution in [0.1, 0.15) is 0 Å². The summed E-state index contributed by atoms with van der Waals surface area (Å²) in [6.45, 7) is 0. The molecule has 0 aliphatic heterocycles. The smallest absolute Gasteiger partial charge is 0.0894 e. The van der Waals surface area contributed by atoms with Crippen molar-refractivity contribution in [3.05, 3.63) is 194 Å². The highest BCUT2D eigenvalue weighted by molar-refractivity contribution is 5.85. The summed E-state index contributed by atoms with van der Waals surface area (Å²) in [5.74, 6) is 0. The Morgan fingerprint density at radius 2 is 0.625 bits per heavy atom. The third-order valence-electron chi connectivity index (χ3n) is 8.83. The molecule has 8 rings (SSSR count). The van der Waals surface area contributed by atoms with Gasteiger partial charge in [-0.25, -0.2) is 4.98 Å². The second kappa shape index (κ2) is 13.2. The van der Waals surface area contributed by atoms with Crippen molar-refractivity contribution in [2.45, 2.75) is 0 Å².